The molecule has 5 nitrogen and oxygen atoms in total. The molecule has 1 N–H and O–H groups in total. The zero-order chi connectivity index (χ0) is 20.7. The Hall–Kier alpha value is -2.21. The molecule has 0 aromatic heterocycles. The molecular weight excluding hydrogens is 368 g/mol. The predicted octanol–water partition coefficient (Wildman–Crippen LogP) is 4.23. The van der Waals surface area contributed by atoms with Gasteiger partial charge in [0.15, 0.2) is 5.79 Å². The molecule has 156 valence electrons. The molecular formula is C24H30O5. The van der Waals surface area contributed by atoms with Gasteiger partial charge in [0.25, 0.3) is 0 Å². The first-order chi connectivity index (χ1) is 13.9. The third-order valence-corrected chi connectivity index (χ3v) is 5.21. The van der Waals surface area contributed by atoms with Crippen molar-refractivity contribution in [2.75, 3.05) is 13.2 Å². The number of rotatable bonds is 9. The van der Waals surface area contributed by atoms with Gasteiger partial charge in [-0.3, -0.25) is 4.79 Å². The van der Waals surface area contributed by atoms with Crippen LogP contribution in [0, 0.1) is 5.92 Å². The van der Waals surface area contributed by atoms with Crippen molar-refractivity contribution in [3.63, 3.8) is 0 Å². The van der Waals surface area contributed by atoms with Crippen molar-refractivity contribution in [3.8, 4) is 0 Å². The smallest absolute Gasteiger partial charge is 0.303 e. The van der Waals surface area contributed by atoms with Crippen LogP contribution in [0.4, 0.5) is 0 Å². The Balaban J connectivity index is 1.65. The largest absolute Gasteiger partial charge is 0.481 e. The van der Waals surface area contributed by atoms with Crippen molar-refractivity contribution >= 4 is 5.97 Å². The summed E-state index contributed by atoms with van der Waals surface area (Å²) in [6.07, 6.45) is 1.34. The third kappa shape index (κ3) is 6.67. The standard InChI is InChI=1S/C24H30O5/c1-24(2)28-16-21(14-20-11-7-6-10-19(20)12-13-23(25)26)22(29-24)17-27-15-18-8-4-3-5-9-18/h3-11,21-22H,12-17H2,1-2H3,(H,25,26)/t21-,22-/m1/s1. The van der Waals surface area contributed by atoms with Crippen molar-refractivity contribution in [2.45, 2.75) is 51.6 Å². The Morgan fingerprint density at radius 1 is 1.10 bits per heavy atom. The molecule has 0 radical (unpaired) electrons. The molecule has 2 aromatic rings. The van der Waals surface area contributed by atoms with Gasteiger partial charge >= 0.3 is 5.97 Å². The van der Waals surface area contributed by atoms with Crippen molar-refractivity contribution in [3.05, 3.63) is 71.3 Å². The van der Waals surface area contributed by atoms with Crippen LogP contribution in [0.15, 0.2) is 54.6 Å². The van der Waals surface area contributed by atoms with E-state index in [-0.39, 0.29) is 18.4 Å². The highest BCUT2D eigenvalue weighted by molar-refractivity contribution is 5.67. The highest BCUT2D eigenvalue weighted by Gasteiger charge is 2.36. The van der Waals surface area contributed by atoms with Crippen LogP contribution in [-0.2, 0) is 38.5 Å². The minimum atomic E-state index is -0.780. The molecule has 0 bridgehead atoms. The van der Waals surface area contributed by atoms with Crippen molar-refractivity contribution in [2.24, 2.45) is 5.92 Å². The Bertz CT molecular complexity index is 787. The molecule has 0 saturated carbocycles. The molecule has 0 spiro atoms. The Morgan fingerprint density at radius 3 is 2.52 bits per heavy atom. The first-order valence-electron chi connectivity index (χ1n) is 10.1. The van der Waals surface area contributed by atoms with Gasteiger partial charge in [-0.1, -0.05) is 54.6 Å². The van der Waals surface area contributed by atoms with E-state index in [9.17, 15) is 4.79 Å². The average molecular weight is 398 g/mol. The van der Waals surface area contributed by atoms with Gasteiger partial charge in [0.05, 0.1) is 25.9 Å². The van der Waals surface area contributed by atoms with Crippen molar-refractivity contribution < 1.29 is 24.1 Å². The number of hydrogen-bond donors (Lipinski definition) is 1. The number of carboxylic acids is 1. The lowest BCUT2D eigenvalue weighted by Gasteiger charge is -2.41. The van der Waals surface area contributed by atoms with E-state index < -0.39 is 11.8 Å². The molecule has 29 heavy (non-hydrogen) atoms. The zero-order valence-electron chi connectivity index (χ0n) is 17.2. The molecule has 1 aliphatic heterocycles. The highest BCUT2D eigenvalue weighted by Crippen LogP contribution is 2.30. The fraction of sp³-hybridized carbons (Fsp3) is 0.458. The number of aliphatic carboxylic acids is 1. The van der Waals surface area contributed by atoms with Gasteiger partial charge in [-0.2, -0.15) is 0 Å². The van der Waals surface area contributed by atoms with E-state index in [1.54, 1.807) is 0 Å². The summed E-state index contributed by atoms with van der Waals surface area (Å²) in [6, 6.07) is 18.1. The van der Waals surface area contributed by atoms with Gasteiger partial charge in [-0.05, 0) is 43.4 Å². The Labute approximate surface area is 172 Å². The van der Waals surface area contributed by atoms with Gasteiger partial charge in [-0.15, -0.1) is 0 Å². The minimum Gasteiger partial charge on any atom is -0.481 e. The van der Waals surface area contributed by atoms with Crippen molar-refractivity contribution in [1.82, 2.24) is 0 Å². The minimum absolute atomic E-state index is 0.0880. The molecule has 5 heteroatoms. The summed E-state index contributed by atoms with van der Waals surface area (Å²) in [5.41, 5.74) is 3.36. The number of ether oxygens (including phenoxy) is 3. The van der Waals surface area contributed by atoms with Crippen LogP contribution in [0.3, 0.4) is 0 Å². The lowest BCUT2D eigenvalue weighted by molar-refractivity contribution is -0.300. The lowest BCUT2D eigenvalue weighted by Crippen LogP contribution is -2.48. The second-order valence-corrected chi connectivity index (χ2v) is 7.99. The summed E-state index contributed by atoms with van der Waals surface area (Å²) in [6.45, 7) is 5.47. The van der Waals surface area contributed by atoms with Gasteiger partial charge in [-0.25, -0.2) is 0 Å². The van der Waals surface area contributed by atoms with E-state index in [1.165, 1.54) is 0 Å². The predicted molar refractivity (Wildman–Crippen MR) is 111 cm³/mol. The molecule has 1 aliphatic rings. The molecule has 0 amide bonds. The lowest BCUT2D eigenvalue weighted by atomic mass is 9.90. The fourth-order valence-corrected chi connectivity index (χ4v) is 3.66. The number of aryl methyl sites for hydroxylation is 1. The van der Waals surface area contributed by atoms with E-state index in [2.05, 4.69) is 6.07 Å². The maximum Gasteiger partial charge on any atom is 0.303 e. The van der Waals surface area contributed by atoms with Crippen molar-refractivity contribution in [1.29, 1.82) is 0 Å². The quantitative estimate of drug-likeness (QED) is 0.685. The molecule has 2 atom stereocenters. The van der Waals surface area contributed by atoms with E-state index in [0.29, 0.717) is 26.2 Å². The van der Waals surface area contributed by atoms with Crippen LogP contribution < -0.4 is 0 Å². The Morgan fingerprint density at radius 2 is 1.79 bits per heavy atom. The monoisotopic (exact) mass is 398 g/mol. The van der Waals surface area contributed by atoms with E-state index >= 15 is 0 Å². The van der Waals surface area contributed by atoms with E-state index in [1.807, 2.05) is 62.4 Å². The summed E-state index contributed by atoms with van der Waals surface area (Å²) in [4.78, 5) is 11.0. The summed E-state index contributed by atoms with van der Waals surface area (Å²) in [7, 11) is 0. The van der Waals surface area contributed by atoms with Gasteiger partial charge in [0.1, 0.15) is 0 Å². The van der Waals surface area contributed by atoms with Gasteiger partial charge < -0.3 is 19.3 Å². The highest BCUT2D eigenvalue weighted by atomic mass is 16.7. The van der Waals surface area contributed by atoms with Crippen LogP contribution >= 0.6 is 0 Å². The number of benzene rings is 2. The molecule has 0 aliphatic carbocycles. The average Bonchev–Trinajstić information content (AvgIpc) is 2.69. The van der Waals surface area contributed by atoms with Gasteiger partial charge in [0, 0.05) is 12.3 Å². The topological polar surface area (TPSA) is 65.0 Å². The second-order valence-electron chi connectivity index (χ2n) is 7.99. The van der Waals surface area contributed by atoms with Gasteiger partial charge in [0.2, 0.25) is 0 Å². The molecule has 1 fully saturated rings. The van der Waals surface area contributed by atoms with E-state index in [0.717, 1.165) is 23.1 Å². The summed E-state index contributed by atoms with van der Waals surface area (Å²) >= 11 is 0. The zero-order valence-corrected chi connectivity index (χ0v) is 17.2. The second kappa shape index (κ2) is 10.0. The first-order valence-corrected chi connectivity index (χ1v) is 10.1. The molecule has 1 saturated heterocycles. The normalized spacial score (nSPS) is 21.0. The molecule has 0 unspecified atom stereocenters. The number of carbonyl (C=O) groups is 1. The van der Waals surface area contributed by atoms with Crippen LogP contribution in [0.5, 0.6) is 0 Å². The maximum atomic E-state index is 11.0. The fourth-order valence-electron chi connectivity index (χ4n) is 3.66. The molecule has 3 rings (SSSR count). The van der Waals surface area contributed by atoms with Crippen LogP contribution in [0.1, 0.15) is 37.0 Å². The summed E-state index contributed by atoms with van der Waals surface area (Å²) < 4.78 is 18.1. The van der Waals surface area contributed by atoms with Crippen LogP contribution in [-0.4, -0.2) is 36.2 Å². The Kier molecular flexibility index (Phi) is 7.42. The third-order valence-electron chi connectivity index (χ3n) is 5.21. The number of carboxylic acid groups (broad SMARTS) is 1. The summed E-state index contributed by atoms with van der Waals surface area (Å²) in [5.74, 6) is -1.28. The first kappa shape index (κ1) is 21.5. The maximum absolute atomic E-state index is 11.0. The number of hydrogen-bond acceptors (Lipinski definition) is 4. The van der Waals surface area contributed by atoms with Crippen LogP contribution in [0.2, 0.25) is 0 Å². The molecule has 2 aromatic carbocycles. The summed E-state index contributed by atoms with van der Waals surface area (Å²) in [5, 5.41) is 9.02. The van der Waals surface area contributed by atoms with E-state index in [4.69, 9.17) is 19.3 Å². The SMILES string of the molecule is CC1(C)OC[C@@H](Cc2ccccc2CCC(=O)O)[C@@H](COCc2ccccc2)O1. The molecule has 1 heterocycles. The van der Waals surface area contributed by atoms with Crippen LogP contribution in [0.25, 0.3) is 0 Å².